The van der Waals surface area contributed by atoms with Crippen molar-refractivity contribution in [1.82, 2.24) is 15.2 Å². The van der Waals surface area contributed by atoms with Crippen LogP contribution in [0.5, 0.6) is 5.75 Å². The normalized spacial score (nSPS) is 17.7. The molecule has 110 valence electrons. The zero-order valence-electron chi connectivity index (χ0n) is 11.6. The number of nitrogens with one attached hydrogen (secondary N) is 2. The molecule has 0 aliphatic carbocycles. The molecule has 0 unspecified atom stereocenters. The Morgan fingerprint density at radius 3 is 3.10 bits per heavy atom. The minimum Gasteiger partial charge on any atom is -0.496 e. The van der Waals surface area contributed by atoms with E-state index in [4.69, 9.17) is 9.47 Å². The number of benzene rings is 1. The minimum atomic E-state index is -0.127. The minimum absolute atomic E-state index is 0.113. The molecule has 1 aromatic carbocycles. The fourth-order valence-electron chi connectivity index (χ4n) is 2.23. The van der Waals surface area contributed by atoms with E-state index in [1.165, 1.54) is 0 Å². The van der Waals surface area contributed by atoms with Crippen molar-refractivity contribution in [2.75, 3.05) is 25.6 Å². The first-order chi connectivity index (χ1) is 10.3. The molecule has 2 N–H and O–H groups in total. The molecule has 7 nitrogen and oxygen atoms in total. The van der Waals surface area contributed by atoms with Crippen molar-refractivity contribution in [2.24, 2.45) is 5.92 Å². The second-order valence-electron chi connectivity index (χ2n) is 4.76. The summed E-state index contributed by atoms with van der Waals surface area (Å²) in [6.07, 6.45) is 0.732. The summed E-state index contributed by atoms with van der Waals surface area (Å²) in [5.41, 5.74) is 0.789. The van der Waals surface area contributed by atoms with Crippen LogP contribution < -0.4 is 10.1 Å². The molecule has 1 fully saturated rings. The zero-order chi connectivity index (χ0) is 14.7. The van der Waals surface area contributed by atoms with Crippen molar-refractivity contribution in [3.8, 4) is 17.1 Å². The molecule has 1 saturated heterocycles. The third-order valence-electron chi connectivity index (χ3n) is 3.38. The van der Waals surface area contributed by atoms with Crippen molar-refractivity contribution >= 4 is 11.9 Å². The van der Waals surface area contributed by atoms with E-state index in [0.717, 1.165) is 12.0 Å². The molecule has 0 bridgehead atoms. The Kier molecular flexibility index (Phi) is 3.83. The van der Waals surface area contributed by atoms with Crippen LogP contribution in [-0.2, 0) is 9.53 Å². The first kappa shape index (κ1) is 13.6. The molecule has 1 amide bonds. The van der Waals surface area contributed by atoms with Gasteiger partial charge in [-0.25, -0.2) is 0 Å². The van der Waals surface area contributed by atoms with E-state index in [2.05, 4.69) is 20.5 Å². The van der Waals surface area contributed by atoms with Crippen molar-refractivity contribution in [1.29, 1.82) is 0 Å². The first-order valence-electron chi connectivity index (χ1n) is 6.72. The molecular weight excluding hydrogens is 272 g/mol. The summed E-state index contributed by atoms with van der Waals surface area (Å²) < 4.78 is 10.5. The van der Waals surface area contributed by atoms with E-state index in [1.807, 2.05) is 24.3 Å². The highest BCUT2D eigenvalue weighted by atomic mass is 16.5. The van der Waals surface area contributed by atoms with E-state index in [9.17, 15) is 4.79 Å². The summed E-state index contributed by atoms with van der Waals surface area (Å²) in [5.74, 6) is 1.25. The van der Waals surface area contributed by atoms with Crippen LogP contribution in [-0.4, -0.2) is 41.4 Å². The highest BCUT2D eigenvalue weighted by Gasteiger charge is 2.24. The Labute approximate surface area is 121 Å². The Morgan fingerprint density at radius 2 is 2.33 bits per heavy atom. The van der Waals surface area contributed by atoms with Crippen LogP contribution in [0.1, 0.15) is 6.42 Å². The van der Waals surface area contributed by atoms with Crippen LogP contribution in [0.3, 0.4) is 0 Å². The lowest BCUT2D eigenvalue weighted by atomic mass is 10.1. The lowest BCUT2D eigenvalue weighted by Crippen LogP contribution is -2.23. The summed E-state index contributed by atoms with van der Waals surface area (Å²) in [5, 5.41) is 9.52. The summed E-state index contributed by atoms with van der Waals surface area (Å²) in [6, 6.07) is 7.47. The quantitative estimate of drug-likeness (QED) is 0.889. The number of hydrogen-bond donors (Lipinski definition) is 2. The molecule has 2 heterocycles. The second kappa shape index (κ2) is 5.92. The Hall–Kier alpha value is -2.41. The van der Waals surface area contributed by atoms with Crippen LogP contribution in [0.25, 0.3) is 11.4 Å². The molecule has 1 atom stereocenters. The van der Waals surface area contributed by atoms with Crippen molar-refractivity contribution < 1.29 is 14.3 Å². The van der Waals surface area contributed by atoms with E-state index in [-0.39, 0.29) is 17.8 Å². The van der Waals surface area contributed by atoms with E-state index >= 15 is 0 Å². The Bertz CT molecular complexity index is 635. The van der Waals surface area contributed by atoms with Gasteiger partial charge in [0.15, 0.2) is 5.82 Å². The molecule has 7 heteroatoms. The van der Waals surface area contributed by atoms with Crippen LogP contribution in [0, 0.1) is 5.92 Å². The topological polar surface area (TPSA) is 89.1 Å². The molecule has 0 radical (unpaired) electrons. The van der Waals surface area contributed by atoms with Gasteiger partial charge in [-0.05, 0) is 18.6 Å². The molecular formula is C14H16N4O3. The van der Waals surface area contributed by atoms with Crippen molar-refractivity contribution in [2.45, 2.75) is 6.42 Å². The van der Waals surface area contributed by atoms with Gasteiger partial charge in [-0.15, -0.1) is 5.10 Å². The molecule has 21 heavy (non-hydrogen) atoms. The largest absolute Gasteiger partial charge is 0.496 e. The molecule has 0 saturated carbocycles. The van der Waals surface area contributed by atoms with E-state index in [0.29, 0.717) is 24.8 Å². The number of para-hydroxylation sites is 1. The number of aromatic amines is 1. The zero-order valence-corrected chi connectivity index (χ0v) is 11.6. The number of hydrogen-bond acceptors (Lipinski definition) is 5. The monoisotopic (exact) mass is 288 g/mol. The molecule has 1 aliphatic rings. The van der Waals surface area contributed by atoms with Crippen molar-refractivity contribution in [3.63, 3.8) is 0 Å². The summed E-state index contributed by atoms with van der Waals surface area (Å²) >= 11 is 0. The summed E-state index contributed by atoms with van der Waals surface area (Å²) in [4.78, 5) is 16.3. The molecule has 2 aromatic rings. The van der Waals surface area contributed by atoms with Gasteiger partial charge in [0.25, 0.3) is 0 Å². The Morgan fingerprint density at radius 1 is 1.48 bits per heavy atom. The standard InChI is InChI=1S/C14H16N4O3/c1-20-11-5-3-2-4-10(11)12-15-14(18-17-12)16-13(19)9-6-7-21-8-9/h2-5,9H,6-8H2,1H3,(H2,15,16,17,18,19)/t9-/m1/s1. The number of carbonyl (C=O) groups is 1. The fraction of sp³-hybridized carbons (Fsp3) is 0.357. The van der Waals surface area contributed by atoms with Crippen LogP contribution in [0.15, 0.2) is 24.3 Å². The maximum atomic E-state index is 12.0. The number of H-pyrrole nitrogens is 1. The number of anilines is 1. The predicted octanol–water partition coefficient (Wildman–Crippen LogP) is 1.46. The van der Waals surface area contributed by atoms with Gasteiger partial charge in [-0.3, -0.25) is 15.2 Å². The number of aromatic nitrogens is 3. The average molecular weight is 288 g/mol. The number of amides is 1. The van der Waals surface area contributed by atoms with Gasteiger partial charge in [-0.1, -0.05) is 12.1 Å². The van der Waals surface area contributed by atoms with Crippen molar-refractivity contribution in [3.05, 3.63) is 24.3 Å². The SMILES string of the molecule is COc1ccccc1-c1nc(NC(=O)[C@@H]2CCOC2)n[nH]1. The van der Waals surface area contributed by atoms with Gasteiger partial charge in [-0.2, -0.15) is 4.98 Å². The van der Waals surface area contributed by atoms with Gasteiger partial charge >= 0.3 is 0 Å². The third-order valence-corrected chi connectivity index (χ3v) is 3.38. The van der Waals surface area contributed by atoms with Crippen LogP contribution in [0.4, 0.5) is 5.95 Å². The number of rotatable bonds is 4. The van der Waals surface area contributed by atoms with Gasteiger partial charge in [0.2, 0.25) is 11.9 Å². The smallest absolute Gasteiger partial charge is 0.249 e. The third kappa shape index (κ3) is 2.87. The molecule has 1 aromatic heterocycles. The van der Waals surface area contributed by atoms with Gasteiger partial charge < -0.3 is 9.47 Å². The maximum absolute atomic E-state index is 12.0. The van der Waals surface area contributed by atoms with E-state index < -0.39 is 0 Å². The predicted molar refractivity (Wildman–Crippen MR) is 75.9 cm³/mol. The summed E-state index contributed by atoms with van der Waals surface area (Å²) in [6.45, 7) is 1.08. The lowest BCUT2D eigenvalue weighted by Gasteiger charge is -2.05. The average Bonchev–Trinajstić information content (AvgIpc) is 3.18. The van der Waals surface area contributed by atoms with Crippen LogP contribution >= 0.6 is 0 Å². The molecule has 1 aliphatic heterocycles. The first-order valence-corrected chi connectivity index (χ1v) is 6.72. The number of ether oxygens (including phenoxy) is 2. The van der Waals surface area contributed by atoms with Gasteiger partial charge in [0, 0.05) is 6.61 Å². The number of carbonyl (C=O) groups excluding carboxylic acids is 1. The van der Waals surface area contributed by atoms with Gasteiger partial charge in [0.1, 0.15) is 5.75 Å². The molecule has 3 rings (SSSR count). The Balaban J connectivity index is 1.75. The number of methoxy groups -OCH3 is 1. The highest BCUT2D eigenvalue weighted by molar-refractivity contribution is 5.91. The van der Waals surface area contributed by atoms with Crippen LogP contribution in [0.2, 0.25) is 0 Å². The van der Waals surface area contributed by atoms with E-state index in [1.54, 1.807) is 7.11 Å². The highest BCUT2D eigenvalue weighted by Crippen LogP contribution is 2.27. The number of nitrogens with zero attached hydrogens (tertiary/aromatic N) is 2. The molecule has 0 spiro atoms. The van der Waals surface area contributed by atoms with Gasteiger partial charge in [0.05, 0.1) is 25.2 Å². The lowest BCUT2D eigenvalue weighted by molar-refractivity contribution is -0.119. The second-order valence-corrected chi connectivity index (χ2v) is 4.76. The maximum Gasteiger partial charge on any atom is 0.249 e. The summed E-state index contributed by atoms with van der Waals surface area (Å²) in [7, 11) is 1.60. The fourth-order valence-corrected chi connectivity index (χ4v) is 2.23.